The molecule has 0 saturated heterocycles. The Kier molecular flexibility index (Phi) is 5.28. The zero-order chi connectivity index (χ0) is 24.7. The number of carbonyl (C=O) groups is 1. The van der Waals surface area contributed by atoms with Crippen LogP contribution in [-0.2, 0) is 6.54 Å². The van der Waals surface area contributed by atoms with Crippen molar-refractivity contribution in [1.29, 1.82) is 0 Å². The summed E-state index contributed by atoms with van der Waals surface area (Å²) >= 11 is 0. The predicted molar refractivity (Wildman–Crippen MR) is 128 cm³/mol. The van der Waals surface area contributed by atoms with Crippen LogP contribution in [0.2, 0.25) is 0 Å². The molecule has 11 nitrogen and oxygen atoms in total. The molecule has 3 N–H and O–H groups in total. The summed E-state index contributed by atoms with van der Waals surface area (Å²) in [5.74, 6) is -0.290. The maximum atomic E-state index is 13.7. The number of nitrogens with zero attached hydrogens (tertiary/aromatic N) is 4. The average molecular weight is 472 g/mol. The zero-order valence-electron chi connectivity index (χ0n) is 18.8. The summed E-state index contributed by atoms with van der Waals surface area (Å²) in [5, 5.41) is 4.32. The van der Waals surface area contributed by atoms with E-state index in [1.54, 1.807) is 19.1 Å². The summed E-state index contributed by atoms with van der Waals surface area (Å²) < 4.78 is 11.9. The van der Waals surface area contributed by atoms with Gasteiger partial charge in [-0.25, -0.2) is 9.78 Å². The van der Waals surface area contributed by atoms with Crippen molar-refractivity contribution in [3.63, 3.8) is 0 Å². The van der Waals surface area contributed by atoms with Gasteiger partial charge in [0.15, 0.2) is 11.4 Å². The first kappa shape index (κ1) is 21.9. The van der Waals surface area contributed by atoms with Crippen LogP contribution in [0.4, 0.5) is 11.5 Å². The van der Waals surface area contributed by atoms with Crippen LogP contribution in [0.3, 0.4) is 0 Å². The lowest BCUT2D eigenvalue weighted by molar-refractivity contribution is 0.0994. The van der Waals surface area contributed by atoms with Crippen LogP contribution in [0.25, 0.3) is 22.6 Å². The smallest absolute Gasteiger partial charge is 0.330 e. The highest BCUT2D eigenvalue weighted by Crippen LogP contribution is 2.29. The highest BCUT2D eigenvalue weighted by atomic mass is 16.5. The number of hydrogen-bond donors (Lipinski definition) is 2. The number of nitrogen functional groups attached to an aromatic ring is 1. The van der Waals surface area contributed by atoms with E-state index in [0.29, 0.717) is 22.5 Å². The van der Waals surface area contributed by atoms with Crippen LogP contribution < -0.4 is 21.9 Å². The SMILES string of the molecule is Cc1noc2nc(-c3ccco3)cc(C(=O)N(C)c3c(N)n(Cc4ccccc4)c(=O)[nH]c3=O)c12. The largest absolute Gasteiger partial charge is 0.463 e. The molecule has 4 aromatic heterocycles. The number of amides is 1. The van der Waals surface area contributed by atoms with Gasteiger partial charge in [-0.3, -0.25) is 19.1 Å². The minimum Gasteiger partial charge on any atom is -0.463 e. The van der Waals surface area contributed by atoms with Crippen LogP contribution in [0, 0.1) is 6.92 Å². The Bertz CT molecular complexity index is 1660. The van der Waals surface area contributed by atoms with Gasteiger partial charge in [-0.2, -0.15) is 0 Å². The van der Waals surface area contributed by atoms with Gasteiger partial charge < -0.3 is 19.6 Å². The molecule has 11 heteroatoms. The van der Waals surface area contributed by atoms with E-state index in [1.807, 2.05) is 30.3 Å². The molecule has 4 heterocycles. The lowest BCUT2D eigenvalue weighted by Gasteiger charge is -2.21. The molecule has 5 aromatic rings. The van der Waals surface area contributed by atoms with Gasteiger partial charge in [-0.1, -0.05) is 35.5 Å². The van der Waals surface area contributed by atoms with Crippen molar-refractivity contribution in [2.24, 2.45) is 0 Å². The van der Waals surface area contributed by atoms with Crippen LogP contribution in [0.1, 0.15) is 21.6 Å². The Morgan fingerprint density at radius 1 is 1.17 bits per heavy atom. The third kappa shape index (κ3) is 3.78. The van der Waals surface area contributed by atoms with Crippen molar-refractivity contribution in [3.05, 3.63) is 92.5 Å². The van der Waals surface area contributed by atoms with Gasteiger partial charge in [0, 0.05) is 7.05 Å². The standard InChI is InChI=1S/C24H20N6O5/c1-13-18-15(11-16(17-9-6-10-34-17)26-22(18)35-28-13)23(32)29(2)19-20(25)30(24(33)27-21(19)31)12-14-7-4-3-5-8-14/h3-11H,12,25H2,1-2H3,(H,27,31,33). The lowest BCUT2D eigenvalue weighted by atomic mass is 10.1. The molecule has 0 fully saturated rings. The van der Waals surface area contributed by atoms with Crippen molar-refractivity contribution in [3.8, 4) is 11.5 Å². The molecule has 0 aliphatic carbocycles. The van der Waals surface area contributed by atoms with E-state index in [0.717, 1.165) is 10.5 Å². The first-order valence-corrected chi connectivity index (χ1v) is 10.6. The first-order chi connectivity index (χ1) is 16.8. The summed E-state index contributed by atoms with van der Waals surface area (Å²) in [7, 11) is 1.41. The average Bonchev–Trinajstić information content (AvgIpc) is 3.52. The number of hydrogen-bond acceptors (Lipinski definition) is 8. The van der Waals surface area contributed by atoms with E-state index in [9.17, 15) is 14.4 Å². The Morgan fingerprint density at radius 2 is 1.94 bits per heavy atom. The van der Waals surface area contributed by atoms with E-state index >= 15 is 0 Å². The molecule has 0 unspecified atom stereocenters. The van der Waals surface area contributed by atoms with Crippen LogP contribution >= 0.6 is 0 Å². The molecule has 35 heavy (non-hydrogen) atoms. The molecule has 0 radical (unpaired) electrons. The number of aromatic nitrogens is 4. The topological polar surface area (TPSA) is 153 Å². The molecule has 0 aliphatic rings. The number of fused-ring (bicyclic) bond motifs is 1. The predicted octanol–water partition coefficient (Wildman–Crippen LogP) is 2.55. The van der Waals surface area contributed by atoms with Gasteiger partial charge in [-0.05, 0) is 30.7 Å². The van der Waals surface area contributed by atoms with Gasteiger partial charge >= 0.3 is 5.69 Å². The van der Waals surface area contributed by atoms with Crippen LogP contribution in [0.5, 0.6) is 0 Å². The maximum absolute atomic E-state index is 13.7. The van der Waals surface area contributed by atoms with Gasteiger partial charge in [0.25, 0.3) is 17.2 Å². The van der Waals surface area contributed by atoms with Gasteiger partial charge in [0.05, 0.1) is 29.5 Å². The molecule has 5 rings (SSSR count). The fraction of sp³-hybridized carbons (Fsp3) is 0.125. The summed E-state index contributed by atoms with van der Waals surface area (Å²) in [6.07, 6.45) is 1.48. The van der Waals surface area contributed by atoms with Crippen LogP contribution in [-0.4, -0.2) is 32.6 Å². The molecule has 1 aromatic carbocycles. The van der Waals surface area contributed by atoms with Crippen molar-refractivity contribution in [2.45, 2.75) is 13.5 Å². The number of benzene rings is 1. The normalized spacial score (nSPS) is 11.1. The summed E-state index contributed by atoms with van der Waals surface area (Å²) in [4.78, 5) is 46.7. The van der Waals surface area contributed by atoms with E-state index in [-0.39, 0.29) is 29.3 Å². The molecular formula is C24H20N6O5. The highest BCUT2D eigenvalue weighted by molar-refractivity contribution is 6.14. The first-order valence-electron chi connectivity index (χ1n) is 10.6. The molecule has 1 amide bonds. The minimum atomic E-state index is -0.786. The number of carbonyl (C=O) groups excluding carboxylic acids is 1. The zero-order valence-corrected chi connectivity index (χ0v) is 18.8. The second-order valence-corrected chi connectivity index (χ2v) is 7.91. The Labute approximate surface area is 197 Å². The van der Waals surface area contributed by atoms with Crippen LogP contribution in [0.15, 0.2) is 73.3 Å². The van der Waals surface area contributed by atoms with E-state index in [4.69, 9.17) is 14.7 Å². The second-order valence-electron chi connectivity index (χ2n) is 7.91. The molecular weight excluding hydrogens is 452 g/mol. The molecule has 0 spiro atoms. The number of furan rings is 1. The molecule has 0 aliphatic heterocycles. The fourth-order valence-corrected chi connectivity index (χ4v) is 3.92. The van der Waals surface area contributed by atoms with Gasteiger partial charge in [-0.15, -0.1) is 0 Å². The number of rotatable bonds is 5. The third-order valence-electron chi connectivity index (χ3n) is 5.66. The van der Waals surface area contributed by atoms with E-state index in [1.165, 1.54) is 23.9 Å². The number of pyridine rings is 1. The maximum Gasteiger partial charge on any atom is 0.330 e. The lowest BCUT2D eigenvalue weighted by Crippen LogP contribution is -2.39. The van der Waals surface area contributed by atoms with Gasteiger partial charge in [0.1, 0.15) is 11.5 Å². The van der Waals surface area contributed by atoms with E-state index in [2.05, 4.69) is 15.1 Å². The third-order valence-corrected chi connectivity index (χ3v) is 5.66. The molecule has 0 atom stereocenters. The van der Waals surface area contributed by atoms with Crippen molar-refractivity contribution in [2.75, 3.05) is 17.7 Å². The summed E-state index contributed by atoms with van der Waals surface area (Å²) in [6, 6.07) is 14.1. The quantitative estimate of drug-likeness (QED) is 0.396. The molecule has 0 bridgehead atoms. The van der Waals surface area contributed by atoms with Crippen molar-refractivity contribution >= 4 is 28.5 Å². The van der Waals surface area contributed by atoms with Crippen molar-refractivity contribution < 1.29 is 13.7 Å². The number of aryl methyl sites for hydroxylation is 1. The Hall–Kier alpha value is -4.93. The molecule has 0 saturated carbocycles. The molecule has 176 valence electrons. The Morgan fingerprint density at radius 3 is 2.66 bits per heavy atom. The summed E-state index contributed by atoms with van der Waals surface area (Å²) in [6.45, 7) is 1.79. The summed E-state index contributed by atoms with van der Waals surface area (Å²) in [5.41, 5.74) is 6.57. The Balaban J connectivity index is 1.63. The highest BCUT2D eigenvalue weighted by Gasteiger charge is 2.27. The monoisotopic (exact) mass is 472 g/mol. The number of aromatic amines is 1. The fourth-order valence-electron chi connectivity index (χ4n) is 3.92. The number of nitrogens with two attached hydrogens (primary N) is 1. The van der Waals surface area contributed by atoms with Crippen molar-refractivity contribution in [1.82, 2.24) is 19.7 Å². The second kappa shape index (κ2) is 8.45. The number of anilines is 2. The van der Waals surface area contributed by atoms with E-state index < -0.39 is 17.2 Å². The number of H-pyrrole nitrogens is 1. The minimum absolute atomic E-state index is 0.115. The number of nitrogens with one attached hydrogen (secondary N) is 1. The van der Waals surface area contributed by atoms with Gasteiger partial charge in [0.2, 0.25) is 0 Å².